The van der Waals surface area contributed by atoms with Crippen molar-refractivity contribution in [1.82, 2.24) is 9.97 Å². The third-order valence-corrected chi connectivity index (χ3v) is 1.82. The zero-order chi connectivity index (χ0) is 9.26. The summed E-state index contributed by atoms with van der Waals surface area (Å²) in [4.78, 5) is 7.22. The molecule has 0 saturated heterocycles. The van der Waals surface area contributed by atoms with Gasteiger partial charge in [-0.1, -0.05) is 0 Å². The molecular weight excluding hydrogens is 167 g/mol. The maximum Gasteiger partial charge on any atom is 0.137 e. The van der Waals surface area contributed by atoms with Gasteiger partial charge in [-0.05, 0) is 31.2 Å². The molecule has 0 atom stereocenters. The molecule has 66 valence electrons. The van der Waals surface area contributed by atoms with Crippen molar-refractivity contribution in [3.63, 3.8) is 0 Å². The molecule has 0 fully saturated rings. The highest BCUT2D eigenvalue weighted by Gasteiger charge is 2.00. The van der Waals surface area contributed by atoms with Gasteiger partial charge in [-0.25, -0.2) is 9.37 Å². The highest BCUT2D eigenvalue weighted by atomic mass is 19.1. The van der Waals surface area contributed by atoms with Crippen LogP contribution in [0.4, 0.5) is 4.39 Å². The lowest BCUT2D eigenvalue weighted by Crippen LogP contribution is -1.80. The second-order valence-electron chi connectivity index (χ2n) is 2.92. The summed E-state index contributed by atoms with van der Waals surface area (Å²) in [6.07, 6.45) is 1.75. The molecule has 1 aromatic carbocycles. The lowest BCUT2D eigenvalue weighted by molar-refractivity contribution is 0.628. The van der Waals surface area contributed by atoms with E-state index in [0.29, 0.717) is 0 Å². The van der Waals surface area contributed by atoms with Gasteiger partial charge in [-0.2, -0.15) is 0 Å². The Balaban J connectivity index is 2.41. The summed E-state index contributed by atoms with van der Waals surface area (Å²) in [6.45, 7) is 1.93. The Morgan fingerprint density at radius 1 is 1.23 bits per heavy atom. The lowest BCUT2D eigenvalue weighted by atomic mass is 10.2. The molecule has 0 spiro atoms. The van der Waals surface area contributed by atoms with Crippen molar-refractivity contribution in [1.29, 1.82) is 0 Å². The molecule has 0 bridgehead atoms. The molecular formula is C10H9FN2. The molecule has 2 nitrogen and oxygen atoms in total. The fraction of sp³-hybridized carbons (Fsp3) is 0.100. The first-order valence-corrected chi connectivity index (χ1v) is 4.03. The molecule has 1 N–H and O–H groups in total. The summed E-state index contributed by atoms with van der Waals surface area (Å²) in [5, 5.41) is 0. The van der Waals surface area contributed by atoms with Crippen LogP contribution >= 0.6 is 0 Å². The minimum Gasteiger partial charge on any atom is -0.342 e. The van der Waals surface area contributed by atoms with Gasteiger partial charge in [0.1, 0.15) is 11.6 Å². The van der Waals surface area contributed by atoms with E-state index in [4.69, 9.17) is 0 Å². The van der Waals surface area contributed by atoms with E-state index < -0.39 is 0 Å². The number of rotatable bonds is 1. The second kappa shape index (κ2) is 3.01. The van der Waals surface area contributed by atoms with Gasteiger partial charge in [0.05, 0.1) is 0 Å². The van der Waals surface area contributed by atoms with Gasteiger partial charge in [0.15, 0.2) is 0 Å². The minimum absolute atomic E-state index is 0.230. The van der Waals surface area contributed by atoms with Crippen molar-refractivity contribution in [3.8, 4) is 11.4 Å². The molecule has 0 aliphatic heterocycles. The van der Waals surface area contributed by atoms with Crippen molar-refractivity contribution in [3.05, 3.63) is 42.0 Å². The Hall–Kier alpha value is -1.64. The number of aromatic nitrogens is 2. The first kappa shape index (κ1) is 7.98. The number of hydrogen-bond donors (Lipinski definition) is 1. The van der Waals surface area contributed by atoms with Gasteiger partial charge >= 0.3 is 0 Å². The van der Waals surface area contributed by atoms with Gasteiger partial charge in [-0.3, -0.25) is 0 Å². The van der Waals surface area contributed by atoms with E-state index in [1.54, 1.807) is 18.3 Å². The molecule has 0 unspecified atom stereocenters. The number of hydrogen-bond acceptors (Lipinski definition) is 1. The third-order valence-electron chi connectivity index (χ3n) is 1.82. The SMILES string of the molecule is Cc1cnc(-c2ccc(F)cc2)[nH]1. The minimum atomic E-state index is -0.230. The van der Waals surface area contributed by atoms with E-state index in [9.17, 15) is 4.39 Å². The zero-order valence-electron chi connectivity index (χ0n) is 7.21. The van der Waals surface area contributed by atoms with Crippen LogP contribution in [-0.2, 0) is 0 Å². The van der Waals surface area contributed by atoms with E-state index in [0.717, 1.165) is 17.1 Å². The summed E-state index contributed by atoms with van der Waals surface area (Å²) >= 11 is 0. The molecule has 1 aromatic heterocycles. The predicted molar refractivity (Wildman–Crippen MR) is 48.7 cm³/mol. The van der Waals surface area contributed by atoms with Crippen LogP contribution in [0.3, 0.4) is 0 Å². The molecule has 0 amide bonds. The Bertz CT molecular complexity index is 403. The third kappa shape index (κ3) is 1.59. The number of H-pyrrole nitrogens is 1. The monoisotopic (exact) mass is 176 g/mol. The average Bonchev–Trinajstić information content (AvgIpc) is 2.53. The van der Waals surface area contributed by atoms with Crippen LogP contribution < -0.4 is 0 Å². The average molecular weight is 176 g/mol. The summed E-state index contributed by atoms with van der Waals surface area (Å²) in [5.74, 6) is 0.546. The summed E-state index contributed by atoms with van der Waals surface area (Å²) in [6, 6.07) is 6.25. The van der Waals surface area contributed by atoms with Gasteiger partial charge in [-0.15, -0.1) is 0 Å². The number of nitrogens with zero attached hydrogens (tertiary/aromatic N) is 1. The molecule has 0 aliphatic carbocycles. The normalized spacial score (nSPS) is 10.3. The molecule has 2 rings (SSSR count). The van der Waals surface area contributed by atoms with Crippen LogP contribution in [0, 0.1) is 12.7 Å². The van der Waals surface area contributed by atoms with Crippen molar-refractivity contribution >= 4 is 0 Å². The number of aryl methyl sites for hydroxylation is 1. The standard InChI is InChI=1S/C10H9FN2/c1-7-6-12-10(13-7)8-2-4-9(11)5-3-8/h2-6H,1H3,(H,12,13). The van der Waals surface area contributed by atoms with Gasteiger partial charge in [0.25, 0.3) is 0 Å². The van der Waals surface area contributed by atoms with Crippen LogP contribution in [-0.4, -0.2) is 9.97 Å². The molecule has 2 aromatic rings. The van der Waals surface area contributed by atoms with E-state index in [1.165, 1.54) is 12.1 Å². The first-order valence-electron chi connectivity index (χ1n) is 4.03. The zero-order valence-corrected chi connectivity index (χ0v) is 7.21. The Morgan fingerprint density at radius 2 is 1.92 bits per heavy atom. The van der Waals surface area contributed by atoms with Gasteiger partial charge < -0.3 is 4.98 Å². The first-order chi connectivity index (χ1) is 6.25. The van der Waals surface area contributed by atoms with Crippen LogP contribution in [0.1, 0.15) is 5.69 Å². The summed E-state index contributed by atoms with van der Waals surface area (Å²) in [5.41, 5.74) is 1.90. The molecule has 13 heavy (non-hydrogen) atoms. The Labute approximate surface area is 75.4 Å². The fourth-order valence-corrected chi connectivity index (χ4v) is 1.17. The number of benzene rings is 1. The van der Waals surface area contributed by atoms with Crippen molar-refractivity contribution in [2.75, 3.05) is 0 Å². The fourth-order valence-electron chi connectivity index (χ4n) is 1.17. The number of aromatic amines is 1. The highest BCUT2D eigenvalue weighted by Crippen LogP contribution is 2.15. The number of halogens is 1. The predicted octanol–water partition coefficient (Wildman–Crippen LogP) is 2.52. The van der Waals surface area contributed by atoms with E-state index in [1.807, 2.05) is 6.92 Å². The van der Waals surface area contributed by atoms with Crippen LogP contribution in [0.25, 0.3) is 11.4 Å². The lowest BCUT2D eigenvalue weighted by Gasteiger charge is -1.95. The number of imidazole rings is 1. The van der Waals surface area contributed by atoms with Crippen molar-refractivity contribution in [2.24, 2.45) is 0 Å². The maximum atomic E-state index is 12.6. The molecule has 0 aliphatic rings. The van der Waals surface area contributed by atoms with Gasteiger partial charge in [0, 0.05) is 17.5 Å². The summed E-state index contributed by atoms with van der Waals surface area (Å²) < 4.78 is 12.6. The van der Waals surface area contributed by atoms with E-state index in [-0.39, 0.29) is 5.82 Å². The van der Waals surface area contributed by atoms with Crippen LogP contribution in [0.2, 0.25) is 0 Å². The molecule has 1 heterocycles. The molecule has 0 saturated carbocycles. The second-order valence-corrected chi connectivity index (χ2v) is 2.92. The van der Waals surface area contributed by atoms with E-state index in [2.05, 4.69) is 9.97 Å². The van der Waals surface area contributed by atoms with Crippen molar-refractivity contribution < 1.29 is 4.39 Å². The largest absolute Gasteiger partial charge is 0.342 e. The quantitative estimate of drug-likeness (QED) is 0.710. The smallest absolute Gasteiger partial charge is 0.137 e. The Morgan fingerprint density at radius 3 is 2.46 bits per heavy atom. The molecule has 0 radical (unpaired) electrons. The van der Waals surface area contributed by atoms with E-state index >= 15 is 0 Å². The van der Waals surface area contributed by atoms with Crippen LogP contribution in [0.5, 0.6) is 0 Å². The van der Waals surface area contributed by atoms with Crippen LogP contribution in [0.15, 0.2) is 30.5 Å². The van der Waals surface area contributed by atoms with Gasteiger partial charge in [0.2, 0.25) is 0 Å². The number of nitrogens with one attached hydrogen (secondary N) is 1. The highest BCUT2D eigenvalue weighted by molar-refractivity contribution is 5.54. The maximum absolute atomic E-state index is 12.6. The van der Waals surface area contributed by atoms with Crippen molar-refractivity contribution in [2.45, 2.75) is 6.92 Å². The Kier molecular flexibility index (Phi) is 1.85. The molecule has 3 heteroatoms. The summed E-state index contributed by atoms with van der Waals surface area (Å²) in [7, 11) is 0. The topological polar surface area (TPSA) is 28.7 Å².